The summed E-state index contributed by atoms with van der Waals surface area (Å²) in [4.78, 5) is 15.4. The van der Waals surface area contributed by atoms with Gasteiger partial charge < -0.3 is 20.8 Å². The molecule has 0 saturated carbocycles. The van der Waals surface area contributed by atoms with Gasteiger partial charge in [0.2, 0.25) is 11.8 Å². The Morgan fingerprint density at radius 3 is 2.55 bits per heavy atom. The van der Waals surface area contributed by atoms with Crippen LogP contribution in [0.2, 0.25) is 0 Å². The number of nitrogens with one attached hydrogen (secondary N) is 2. The summed E-state index contributed by atoms with van der Waals surface area (Å²) in [6.07, 6.45) is -3.02. The Morgan fingerprint density at radius 1 is 1.23 bits per heavy atom. The van der Waals surface area contributed by atoms with E-state index >= 15 is 0 Å². The SMILES string of the molecule is Cl.Cl.N=C(N)NC(=O)Cn1ccc2c(Oc3cc(CN)cc(C(F)(F)F)n3)cccc21. The van der Waals surface area contributed by atoms with Crippen LogP contribution >= 0.6 is 24.8 Å². The number of carbonyl (C=O) groups is 1. The first kappa shape index (κ1) is 26.0. The summed E-state index contributed by atoms with van der Waals surface area (Å²) >= 11 is 0. The monoisotopic (exact) mass is 478 g/mol. The van der Waals surface area contributed by atoms with E-state index in [0.717, 1.165) is 6.07 Å². The highest BCUT2D eigenvalue weighted by molar-refractivity contribution is 5.95. The number of hydrogen-bond donors (Lipinski definition) is 4. The molecule has 0 aliphatic rings. The molecule has 0 unspecified atom stereocenters. The van der Waals surface area contributed by atoms with Gasteiger partial charge in [-0.1, -0.05) is 6.07 Å². The number of nitrogens with zero attached hydrogens (tertiary/aromatic N) is 2. The zero-order valence-corrected chi connectivity index (χ0v) is 17.4. The second kappa shape index (κ2) is 10.3. The topological polar surface area (TPSA) is 132 Å². The van der Waals surface area contributed by atoms with Crippen molar-refractivity contribution in [2.75, 3.05) is 0 Å². The number of ether oxygens (including phenoxy) is 1. The molecule has 13 heteroatoms. The standard InChI is InChI=1S/C18H17F3N6O2.2ClH/c19-18(20,21)14-6-10(8-22)7-16(25-14)29-13-3-1-2-12-11(13)4-5-27(12)9-15(28)26-17(23)24;;/h1-7H,8-9,22H2,(H4,23,24,26,28);2*1H. The molecule has 0 spiro atoms. The highest BCUT2D eigenvalue weighted by Crippen LogP contribution is 2.33. The second-order valence-corrected chi connectivity index (χ2v) is 6.10. The molecule has 0 atom stereocenters. The first-order valence-electron chi connectivity index (χ1n) is 8.35. The molecule has 0 aliphatic heterocycles. The fourth-order valence-corrected chi connectivity index (χ4v) is 2.75. The maximum atomic E-state index is 13.1. The van der Waals surface area contributed by atoms with Gasteiger partial charge in [-0.3, -0.25) is 15.5 Å². The quantitative estimate of drug-likeness (QED) is 0.330. The number of nitrogens with two attached hydrogens (primary N) is 2. The number of carbonyl (C=O) groups excluding carboxylic acids is 1. The lowest BCUT2D eigenvalue weighted by Crippen LogP contribution is -2.37. The van der Waals surface area contributed by atoms with E-state index in [1.165, 1.54) is 6.07 Å². The molecule has 31 heavy (non-hydrogen) atoms. The van der Waals surface area contributed by atoms with Gasteiger partial charge in [-0.2, -0.15) is 13.2 Å². The van der Waals surface area contributed by atoms with Crippen LogP contribution in [-0.4, -0.2) is 21.4 Å². The average molecular weight is 479 g/mol. The van der Waals surface area contributed by atoms with Gasteiger partial charge in [0, 0.05) is 24.2 Å². The zero-order chi connectivity index (χ0) is 21.2. The summed E-state index contributed by atoms with van der Waals surface area (Å²) in [6, 6.07) is 8.79. The van der Waals surface area contributed by atoms with Gasteiger partial charge in [-0.25, -0.2) is 4.98 Å². The van der Waals surface area contributed by atoms with Gasteiger partial charge in [0.15, 0.2) is 5.96 Å². The van der Waals surface area contributed by atoms with Gasteiger partial charge in [0.25, 0.3) is 0 Å². The van der Waals surface area contributed by atoms with Gasteiger partial charge >= 0.3 is 6.18 Å². The van der Waals surface area contributed by atoms with Crippen molar-refractivity contribution in [3.8, 4) is 11.6 Å². The second-order valence-electron chi connectivity index (χ2n) is 6.10. The van der Waals surface area contributed by atoms with Gasteiger partial charge in [0.1, 0.15) is 18.0 Å². The minimum atomic E-state index is -4.64. The minimum Gasteiger partial charge on any atom is -0.438 e. The van der Waals surface area contributed by atoms with Crippen LogP contribution in [0.5, 0.6) is 11.6 Å². The van der Waals surface area contributed by atoms with Crippen LogP contribution in [-0.2, 0) is 24.1 Å². The molecule has 6 N–H and O–H groups in total. The number of aromatic nitrogens is 2. The molecule has 0 fully saturated rings. The zero-order valence-electron chi connectivity index (χ0n) is 15.8. The molecule has 1 aromatic carbocycles. The Labute approximate surface area is 187 Å². The lowest BCUT2D eigenvalue weighted by Gasteiger charge is -2.12. The summed E-state index contributed by atoms with van der Waals surface area (Å²) in [7, 11) is 0. The number of fused-ring (bicyclic) bond motifs is 1. The summed E-state index contributed by atoms with van der Waals surface area (Å²) in [6.45, 7) is -0.209. The molecule has 2 aromatic heterocycles. The van der Waals surface area contributed by atoms with Crippen molar-refractivity contribution in [1.29, 1.82) is 5.41 Å². The predicted octanol–water partition coefficient (Wildman–Crippen LogP) is 3.16. The fourth-order valence-electron chi connectivity index (χ4n) is 2.75. The molecule has 168 valence electrons. The van der Waals surface area contributed by atoms with Crippen molar-refractivity contribution in [2.45, 2.75) is 19.3 Å². The van der Waals surface area contributed by atoms with Gasteiger partial charge in [-0.05, 0) is 29.8 Å². The molecule has 0 radical (unpaired) electrons. The third-order valence-electron chi connectivity index (χ3n) is 3.96. The number of alkyl halides is 3. The van der Waals surface area contributed by atoms with E-state index < -0.39 is 23.7 Å². The maximum absolute atomic E-state index is 13.1. The van der Waals surface area contributed by atoms with Crippen LogP contribution in [0.3, 0.4) is 0 Å². The van der Waals surface area contributed by atoms with Crippen molar-refractivity contribution >= 4 is 47.6 Å². The molecule has 3 rings (SSSR count). The first-order chi connectivity index (χ1) is 13.7. The van der Waals surface area contributed by atoms with E-state index in [4.69, 9.17) is 21.6 Å². The summed E-state index contributed by atoms with van der Waals surface area (Å²) in [5, 5.41) is 9.83. The van der Waals surface area contributed by atoms with Crippen molar-refractivity contribution in [3.05, 3.63) is 53.9 Å². The number of hydrogen-bond acceptors (Lipinski definition) is 5. The molecule has 0 aliphatic carbocycles. The van der Waals surface area contributed by atoms with Crippen molar-refractivity contribution in [3.63, 3.8) is 0 Å². The Balaban J connectivity index is 0.00000240. The Kier molecular flexibility index (Phi) is 8.67. The van der Waals surface area contributed by atoms with Crippen LogP contribution in [0.15, 0.2) is 42.6 Å². The van der Waals surface area contributed by atoms with E-state index in [1.807, 2.05) is 0 Å². The lowest BCUT2D eigenvalue weighted by molar-refractivity contribution is -0.141. The molecule has 0 bridgehead atoms. The van der Waals surface area contributed by atoms with Crippen molar-refractivity contribution < 1.29 is 22.7 Å². The number of guanidine groups is 1. The van der Waals surface area contributed by atoms with E-state index in [9.17, 15) is 18.0 Å². The van der Waals surface area contributed by atoms with Gasteiger partial charge in [0.05, 0.1) is 5.52 Å². The third kappa shape index (κ3) is 6.23. The Bertz CT molecular complexity index is 1090. The van der Waals surface area contributed by atoms with Crippen LogP contribution in [0.25, 0.3) is 10.9 Å². The van der Waals surface area contributed by atoms with Crippen LogP contribution < -0.4 is 21.5 Å². The summed E-state index contributed by atoms with van der Waals surface area (Å²) in [5.41, 5.74) is 10.4. The van der Waals surface area contributed by atoms with Crippen LogP contribution in [0.1, 0.15) is 11.3 Å². The van der Waals surface area contributed by atoms with Crippen LogP contribution in [0.4, 0.5) is 13.2 Å². The van der Waals surface area contributed by atoms with Gasteiger partial charge in [-0.15, -0.1) is 24.8 Å². The molecular formula is C18H19Cl2F3N6O2. The Morgan fingerprint density at radius 2 is 1.94 bits per heavy atom. The van der Waals surface area contributed by atoms with E-state index in [0.29, 0.717) is 10.9 Å². The number of rotatable bonds is 5. The lowest BCUT2D eigenvalue weighted by atomic mass is 10.2. The molecule has 8 nitrogen and oxygen atoms in total. The Hall–Kier alpha value is -3.02. The van der Waals surface area contributed by atoms with E-state index in [-0.39, 0.29) is 55.1 Å². The largest absolute Gasteiger partial charge is 0.438 e. The average Bonchev–Trinajstić information content (AvgIpc) is 3.04. The smallest absolute Gasteiger partial charge is 0.433 e. The predicted molar refractivity (Wildman–Crippen MR) is 114 cm³/mol. The molecule has 0 saturated heterocycles. The van der Waals surface area contributed by atoms with E-state index in [2.05, 4.69) is 10.3 Å². The number of benzene rings is 1. The third-order valence-corrected chi connectivity index (χ3v) is 3.96. The maximum Gasteiger partial charge on any atom is 0.433 e. The summed E-state index contributed by atoms with van der Waals surface area (Å²) < 4.78 is 46.4. The molecular weight excluding hydrogens is 460 g/mol. The summed E-state index contributed by atoms with van der Waals surface area (Å²) in [5.74, 6) is -0.937. The molecule has 3 aromatic rings. The van der Waals surface area contributed by atoms with Crippen molar-refractivity contribution in [2.24, 2.45) is 11.5 Å². The molecule has 1 amide bonds. The van der Waals surface area contributed by atoms with Crippen molar-refractivity contribution in [1.82, 2.24) is 14.9 Å². The number of halogens is 5. The number of pyridine rings is 1. The normalized spacial score (nSPS) is 10.7. The van der Waals surface area contributed by atoms with E-state index in [1.54, 1.807) is 35.0 Å². The fraction of sp³-hybridized carbons (Fsp3) is 0.167. The first-order valence-corrected chi connectivity index (χ1v) is 8.35. The highest BCUT2D eigenvalue weighted by atomic mass is 35.5. The number of amides is 1. The molecule has 2 heterocycles. The van der Waals surface area contributed by atoms with Crippen LogP contribution in [0, 0.1) is 5.41 Å². The minimum absolute atomic E-state index is 0. The highest BCUT2D eigenvalue weighted by Gasteiger charge is 2.33.